The van der Waals surface area contributed by atoms with E-state index in [1.165, 1.54) is 0 Å². The van der Waals surface area contributed by atoms with Crippen molar-refractivity contribution in [2.24, 2.45) is 0 Å². The smallest absolute Gasteiger partial charge is 0.124 e. The molecule has 0 spiro atoms. The molecule has 5 nitrogen and oxygen atoms in total. The second kappa shape index (κ2) is 7.70. The summed E-state index contributed by atoms with van der Waals surface area (Å²) in [4.78, 5) is 0. The highest BCUT2D eigenvalue weighted by Gasteiger charge is 2.31. The van der Waals surface area contributed by atoms with Gasteiger partial charge in [0.1, 0.15) is 17.9 Å². The predicted octanol–water partition coefficient (Wildman–Crippen LogP) is 5.50. The van der Waals surface area contributed by atoms with Crippen LogP contribution in [0.5, 0.6) is 5.75 Å². The third-order valence-corrected chi connectivity index (χ3v) is 5.80. The van der Waals surface area contributed by atoms with Gasteiger partial charge >= 0.3 is 0 Å². The van der Waals surface area contributed by atoms with E-state index in [4.69, 9.17) is 9.47 Å². The van der Waals surface area contributed by atoms with Crippen LogP contribution in [0.4, 0.5) is 5.69 Å². The van der Waals surface area contributed by atoms with Crippen LogP contribution in [0.3, 0.4) is 0 Å². The molecule has 0 bridgehead atoms. The van der Waals surface area contributed by atoms with Gasteiger partial charge in [-0.1, -0.05) is 12.1 Å². The van der Waals surface area contributed by atoms with E-state index in [0.717, 1.165) is 65.0 Å². The number of benzene rings is 2. The van der Waals surface area contributed by atoms with E-state index >= 15 is 0 Å². The van der Waals surface area contributed by atoms with Crippen LogP contribution in [0.15, 0.2) is 42.5 Å². The Labute approximate surface area is 177 Å². The lowest BCUT2D eigenvalue weighted by Gasteiger charge is -2.14. The SMILES string of the molecule is CC(C)Nc1ccc(-c2c(C#N)c3ccc(O[C@@H]4CCOC4)cc3n2C2CC2)cc1. The Bertz CT molecular complexity index is 1100. The van der Waals surface area contributed by atoms with Gasteiger partial charge < -0.3 is 19.4 Å². The topological polar surface area (TPSA) is 59.2 Å². The molecule has 5 rings (SSSR count). The molecule has 3 aromatic rings. The molecule has 2 aliphatic rings. The number of anilines is 1. The van der Waals surface area contributed by atoms with Crippen LogP contribution in [0.1, 0.15) is 44.7 Å². The zero-order valence-corrected chi connectivity index (χ0v) is 17.5. The maximum absolute atomic E-state index is 10.0. The first kappa shape index (κ1) is 19.0. The molecule has 30 heavy (non-hydrogen) atoms. The predicted molar refractivity (Wildman–Crippen MR) is 119 cm³/mol. The summed E-state index contributed by atoms with van der Waals surface area (Å²) in [5.74, 6) is 0.852. The van der Waals surface area contributed by atoms with E-state index in [1.807, 2.05) is 12.1 Å². The van der Waals surface area contributed by atoms with E-state index in [2.05, 4.69) is 60.1 Å². The van der Waals surface area contributed by atoms with Gasteiger partial charge in [-0.15, -0.1) is 0 Å². The van der Waals surface area contributed by atoms with Crippen molar-refractivity contribution in [2.45, 2.75) is 51.3 Å². The van der Waals surface area contributed by atoms with Crippen LogP contribution in [0.2, 0.25) is 0 Å². The van der Waals surface area contributed by atoms with Crippen LogP contribution in [0.25, 0.3) is 22.2 Å². The first-order valence-electron chi connectivity index (χ1n) is 10.8. The maximum atomic E-state index is 10.0. The third-order valence-electron chi connectivity index (χ3n) is 5.80. The fourth-order valence-electron chi connectivity index (χ4n) is 4.33. The van der Waals surface area contributed by atoms with E-state index in [0.29, 0.717) is 18.7 Å². The lowest BCUT2D eigenvalue weighted by atomic mass is 10.1. The first-order chi connectivity index (χ1) is 14.6. The van der Waals surface area contributed by atoms with Crippen LogP contribution >= 0.6 is 0 Å². The lowest BCUT2D eigenvalue weighted by molar-refractivity contribution is 0.141. The van der Waals surface area contributed by atoms with Gasteiger partial charge in [-0.05, 0) is 56.5 Å². The minimum atomic E-state index is 0.114. The molecule has 1 aliphatic carbocycles. The third kappa shape index (κ3) is 3.53. The van der Waals surface area contributed by atoms with Crippen LogP contribution in [0, 0.1) is 11.3 Å². The molecule has 154 valence electrons. The molecule has 2 heterocycles. The average Bonchev–Trinajstić information content (AvgIpc) is 3.34. The number of nitrogens with one attached hydrogen (secondary N) is 1. The van der Waals surface area contributed by atoms with Crippen molar-refractivity contribution in [3.63, 3.8) is 0 Å². The van der Waals surface area contributed by atoms with Gasteiger partial charge in [0.25, 0.3) is 0 Å². The molecule has 0 unspecified atom stereocenters. The molecule has 2 aromatic carbocycles. The van der Waals surface area contributed by atoms with Crippen molar-refractivity contribution in [1.29, 1.82) is 5.26 Å². The van der Waals surface area contributed by atoms with Crippen molar-refractivity contribution in [3.05, 3.63) is 48.0 Å². The van der Waals surface area contributed by atoms with Crippen LogP contribution in [-0.4, -0.2) is 29.9 Å². The van der Waals surface area contributed by atoms with E-state index < -0.39 is 0 Å². The Balaban J connectivity index is 1.60. The van der Waals surface area contributed by atoms with E-state index in [9.17, 15) is 5.26 Å². The van der Waals surface area contributed by atoms with Crippen molar-refractivity contribution in [2.75, 3.05) is 18.5 Å². The Morgan fingerprint density at radius 3 is 2.57 bits per heavy atom. The standard InChI is InChI=1S/C25H27N3O2/c1-16(2)27-18-5-3-17(4-6-18)25-23(14-26)22-10-9-20(30-21-11-12-29-15-21)13-24(22)28(25)19-7-8-19/h3-6,9-10,13,16,19,21,27H,7-8,11-12,15H2,1-2H3/t21-/m1/s1. The summed E-state index contributed by atoms with van der Waals surface area (Å²) in [6.45, 7) is 5.66. The minimum absolute atomic E-state index is 0.114. The Morgan fingerprint density at radius 2 is 1.93 bits per heavy atom. The molecule has 2 fully saturated rings. The van der Waals surface area contributed by atoms with Crippen molar-refractivity contribution < 1.29 is 9.47 Å². The molecular weight excluding hydrogens is 374 g/mol. The molecule has 1 aliphatic heterocycles. The molecule has 5 heteroatoms. The van der Waals surface area contributed by atoms with Gasteiger partial charge in [0.15, 0.2) is 0 Å². The maximum Gasteiger partial charge on any atom is 0.124 e. The van der Waals surface area contributed by atoms with Gasteiger partial charge in [0.05, 0.1) is 30.0 Å². The summed E-state index contributed by atoms with van der Waals surface area (Å²) < 4.78 is 14.0. The molecular formula is C25H27N3O2. The second-order valence-corrected chi connectivity index (χ2v) is 8.60. The first-order valence-corrected chi connectivity index (χ1v) is 10.8. The van der Waals surface area contributed by atoms with Crippen LogP contribution in [-0.2, 0) is 4.74 Å². The summed E-state index contributed by atoms with van der Waals surface area (Å²) in [6.07, 6.45) is 3.34. The highest BCUT2D eigenvalue weighted by Crippen LogP contribution is 2.45. The number of hydrogen-bond donors (Lipinski definition) is 1. The molecule has 1 aromatic heterocycles. The van der Waals surface area contributed by atoms with Crippen LogP contribution < -0.4 is 10.1 Å². The Morgan fingerprint density at radius 1 is 1.13 bits per heavy atom. The summed E-state index contributed by atoms with van der Waals surface area (Å²) in [5.41, 5.74) is 5.03. The minimum Gasteiger partial charge on any atom is -0.488 e. The Kier molecular flexibility index (Phi) is 4.88. The molecule has 0 amide bonds. The number of hydrogen-bond acceptors (Lipinski definition) is 4. The number of fused-ring (bicyclic) bond motifs is 1. The number of nitriles is 1. The summed E-state index contributed by atoms with van der Waals surface area (Å²) in [5, 5.41) is 14.5. The molecule has 1 N–H and O–H groups in total. The zero-order chi connectivity index (χ0) is 20.7. The second-order valence-electron chi connectivity index (χ2n) is 8.60. The highest BCUT2D eigenvalue weighted by molar-refractivity contribution is 5.95. The summed E-state index contributed by atoms with van der Waals surface area (Å²) >= 11 is 0. The van der Waals surface area contributed by atoms with E-state index in [-0.39, 0.29) is 6.10 Å². The molecule has 1 saturated carbocycles. The molecule has 0 radical (unpaired) electrons. The summed E-state index contributed by atoms with van der Waals surface area (Å²) in [6, 6.07) is 17.9. The molecule has 1 atom stereocenters. The average molecular weight is 402 g/mol. The number of ether oxygens (including phenoxy) is 2. The molecule has 1 saturated heterocycles. The van der Waals surface area contributed by atoms with Crippen molar-refractivity contribution in [1.82, 2.24) is 4.57 Å². The van der Waals surface area contributed by atoms with Gasteiger partial charge in [-0.25, -0.2) is 0 Å². The highest BCUT2D eigenvalue weighted by atomic mass is 16.5. The lowest BCUT2D eigenvalue weighted by Crippen LogP contribution is -2.15. The monoisotopic (exact) mass is 401 g/mol. The van der Waals surface area contributed by atoms with Gasteiger partial charge in [0.2, 0.25) is 0 Å². The van der Waals surface area contributed by atoms with Gasteiger partial charge in [-0.2, -0.15) is 5.26 Å². The number of aromatic nitrogens is 1. The fraction of sp³-hybridized carbons (Fsp3) is 0.400. The Hall–Kier alpha value is -2.97. The number of rotatable bonds is 6. The van der Waals surface area contributed by atoms with Gasteiger partial charge in [-0.3, -0.25) is 0 Å². The number of nitrogens with zero attached hydrogens (tertiary/aromatic N) is 2. The van der Waals surface area contributed by atoms with Gasteiger partial charge in [0, 0.05) is 35.6 Å². The normalized spacial score (nSPS) is 18.7. The van der Waals surface area contributed by atoms with Crippen molar-refractivity contribution in [3.8, 4) is 23.1 Å². The fourth-order valence-corrected chi connectivity index (χ4v) is 4.33. The van der Waals surface area contributed by atoms with Crippen molar-refractivity contribution >= 4 is 16.6 Å². The quantitative estimate of drug-likeness (QED) is 0.592. The van der Waals surface area contributed by atoms with E-state index in [1.54, 1.807) is 0 Å². The summed E-state index contributed by atoms with van der Waals surface area (Å²) in [7, 11) is 0. The largest absolute Gasteiger partial charge is 0.488 e. The zero-order valence-electron chi connectivity index (χ0n) is 17.5.